The van der Waals surface area contributed by atoms with Gasteiger partial charge in [-0.1, -0.05) is 0 Å². The van der Waals surface area contributed by atoms with Gasteiger partial charge in [0.15, 0.2) is 0 Å². The highest BCUT2D eigenvalue weighted by atomic mass is 32.2. The maximum absolute atomic E-state index is 12.1. The number of pyridine rings is 1. The van der Waals surface area contributed by atoms with Gasteiger partial charge in [0.05, 0.1) is 7.11 Å². The van der Waals surface area contributed by atoms with Crippen LogP contribution in [0.15, 0.2) is 11.1 Å². The van der Waals surface area contributed by atoms with Crippen LogP contribution in [0.25, 0.3) is 0 Å². The zero-order valence-corrected chi connectivity index (χ0v) is 10.1. The predicted molar refractivity (Wildman–Crippen MR) is 53.6 cm³/mol. The lowest BCUT2D eigenvalue weighted by molar-refractivity contribution is -0.276. The van der Waals surface area contributed by atoms with Crippen molar-refractivity contribution < 1.29 is 31.1 Å². The van der Waals surface area contributed by atoms with Crippen LogP contribution >= 0.6 is 0 Å². The van der Waals surface area contributed by atoms with Gasteiger partial charge in [-0.05, 0) is 12.5 Å². The zero-order valence-electron chi connectivity index (χ0n) is 9.28. The molecule has 0 aliphatic rings. The van der Waals surface area contributed by atoms with Crippen LogP contribution in [0, 0.1) is 6.92 Å². The maximum atomic E-state index is 12.1. The van der Waals surface area contributed by atoms with Crippen molar-refractivity contribution in [1.82, 2.24) is 4.98 Å². The summed E-state index contributed by atoms with van der Waals surface area (Å²) in [5.74, 6) is -1.70. The fraction of sp³-hybridized carbons (Fsp3) is 0.375. The molecule has 0 bridgehead atoms. The normalized spacial score (nSPS) is 12.3. The molecule has 0 aliphatic heterocycles. The van der Waals surface area contributed by atoms with Crippen LogP contribution in [-0.4, -0.2) is 26.9 Å². The first kappa shape index (κ1) is 14.5. The average molecular weight is 286 g/mol. The smallest absolute Gasteiger partial charge is 0.490 e. The Labute approximate surface area is 101 Å². The van der Waals surface area contributed by atoms with Crippen molar-refractivity contribution in [3.63, 3.8) is 0 Å². The van der Waals surface area contributed by atoms with E-state index in [1.807, 2.05) is 0 Å². The first-order valence-corrected chi connectivity index (χ1v) is 5.93. The van der Waals surface area contributed by atoms with E-state index in [4.69, 9.17) is 5.14 Å². The Morgan fingerprint density at radius 1 is 1.39 bits per heavy atom. The standard InChI is InChI=1S/C8H9F3N2O4S/c1-4-3-13-7(17-8(9,10)11)5(16-2)6(4)18(12,14)15/h3H,1-2H3,(H2,12,14,15). The van der Waals surface area contributed by atoms with E-state index < -0.39 is 32.9 Å². The molecular formula is C8H9F3N2O4S. The number of aryl methyl sites for hydroxylation is 1. The summed E-state index contributed by atoms with van der Waals surface area (Å²) in [5.41, 5.74) is 0.0453. The highest BCUT2D eigenvalue weighted by Crippen LogP contribution is 2.36. The van der Waals surface area contributed by atoms with Gasteiger partial charge in [0.1, 0.15) is 4.90 Å². The van der Waals surface area contributed by atoms with Crippen molar-refractivity contribution in [3.8, 4) is 11.6 Å². The number of ether oxygens (including phenoxy) is 2. The van der Waals surface area contributed by atoms with Crippen molar-refractivity contribution in [2.75, 3.05) is 7.11 Å². The number of primary sulfonamides is 1. The van der Waals surface area contributed by atoms with E-state index in [-0.39, 0.29) is 5.56 Å². The minimum absolute atomic E-state index is 0.0453. The molecule has 0 unspecified atom stereocenters. The van der Waals surface area contributed by atoms with Crippen LogP contribution in [0.5, 0.6) is 11.6 Å². The number of hydrogen-bond acceptors (Lipinski definition) is 5. The summed E-state index contributed by atoms with van der Waals surface area (Å²) in [4.78, 5) is 2.72. The van der Waals surface area contributed by atoms with Crippen molar-refractivity contribution >= 4 is 10.0 Å². The van der Waals surface area contributed by atoms with Crippen LogP contribution in [0.4, 0.5) is 13.2 Å². The number of rotatable bonds is 3. The third-order valence-electron chi connectivity index (χ3n) is 1.84. The lowest BCUT2D eigenvalue weighted by Crippen LogP contribution is -2.21. The second-order valence-corrected chi connectivity index (χ2v) is 4.70. The van der Waals surface area contributed by atoms with Crippen LogP contribution in [0.2, 0.25) is 0 Å². The molecule has 102 valence electrons. The summed E-state index contributed by atoms with van der Waals surface area (Å²) in [5, 5.41) is 4.89. The summed E-state index contributed by atoms with van der Waals surface area (Å²) < 4.78 is 67.0. The minimum atomic E-state index is -5.02. The minimum Gasteiger partial charge on any atom is -0.490 e. The third-order valence-corrected chi connectivity index (χ3v) is 2.91. The third kappa shape index (κ3) is 3.23. The molecule has 0 saturated carbocycles. The second kappa shape index (κ2) is 4.61. The van der Waals surface area contributed by atoms with Crippen molar-refractivity contribution in [1.29, 1.82) is 0 Å². The van der Waals surface area contributed by atoms with Crippen LogP contribution < -0.4 is 14.6 Å². The van der Waals surface area contributed by atoms with E-state index >= 15 is 0 Å². The first-order chi connectivity index (χ1) is 8.06. The van der Waals surface area contributed by atoms with Crippen LogP contribution in [0.1, 0.15) is 5.56 Å². The number of nitrogens with two attached hydrogens (primary N) is 1. The summed E-state index contributed by atoms with van der Waals surface area (Å²) in [6.45, 7) is 1.31. The Hall–Kier alpha value is -1.55. The molecule has 1 heterocycles. The van der Waals surface area contributed by atoms with E-state index in [1.54, 1.807) is 0 Å². The number of alkyl halides is 3. The van der Waals surface area contributed by atoms with Crippen molar-refractivity contribution in [2.45, 2.75) is 18.2 Å². The quantitative estimate of drug-likeness (QED) is 0.893. The Morgan fingerprint density at radius 2 is 1.94 bits per heavy atom. The number of halogens is 3. The fourth-order valence-corrected chi connectivity index (χ4v) is 2.20. The molecule has 1 rings (SSSR count). The lowest BCUT2D eigenvalue weighted by atomic mass is 10.3. The Bertz CT molecular complexity index is 556. The molecule has 2 N–H and O–H groups in total. The summed E-state index contributed by atoms with van der Waals surface area (Å²) in [7, 11) is -3.29. The molecule has 10 heteroatoms. The molecule has 0 amide bonds. The van der Waals surface area contributed by atoms with Gasteiger partial charge in [0.2, 0.25) is 15.8 Å². The SMILES string of the molecule is COc1c(OC(F)(F)F)ncc(C)c1S(N)(=O)=O. The highest BCUT2D eigenvalue weighted by Gasteiger charge is 2.35. The van der Waals surface area contributed by atoms with Gasteiger partial charge >= 0.3 is 6.36 Å². The van der Waals surface area contributed by atoms with Gasteiger partial charge in [0.25, 0.3) is 5.88 Å². The molecule has 0 spiro atoms. The van der Waals surface area contributed by atoms with Crippen molar-refractivity contribution in [3.05, 3.63) is 11.8 Å². The van der Waals surface area contributed by atoms with Crippen LogP contribution in [-0.2, 0) is 10.0 Å². The van der Waals surface area contributed by atoms with Gasteiger partial charge in [-0.2, -0.15) is 0 Å². The van der Waals surface area contributed by atoms with Gasteiger partial charge in [-0.3, -0.25) is 0 Å². The molecule has 1 aromatic rings. The topological polar surface area (TPSA) is 91.5 Å². The molecule has 0 atom stereocenters. The second-order valence-electron chi connectivity index (χ2n) is 3.20. The zero-order chi connectivity index (χ0) is 14.1. The lowest BCUT2D eigenvalue weighted by Gasteiger charge is -2.14. The van der Waals surface area contributed by atoms with Gasteiger partial charge in [0, 0.05) is 6.20 Å². The molecule has 0 radical (unpaired) electrons. The number of sulfonamides is 1. The monoisotopic (exact) mass is 286 g/mol. The van der Waals surface area contributed by atoms with Gasteiger partial charge < -0.3 is 9.47 Å². The summed E-state index contributed by atoms with van der Waals surface area (Å²) in [6.07, 6.45) is -4.13. The first-order valence-electron chi connectivity index (χ1n) is 4.38. The molecule has 0 fully saturated rings. The van der Waals surface area contributed by atoms with Gasteiger partial charge in [-0.25, -0.2) is 18.5 Å². The molecule has 6 nitrogen and oxygen atoms in total. The van der Waals surface area contributed by atoms with Crippen LogP contribution in [0.3, 0.4) is 0 Å². The summed E-state index contributed by atoms with van der Waals surface area (Å²) in [6, 6.07) is 0. The molecule has 1 aromatic heterocycles. The van der Waals surface area contributed by atoms with E-state index in [0.29, 0.717) is 0 Å². The van der Waals surface area contributed by atoms with E-state index in [9.17, 15) is 21.6 Å². The Morgan fingerprint density at radius 3 is 2.33 bits per heavy atom. The fourth-order valence-electron chi connectivity index (χ4n) is 1.26. The molecular weight excluding hydrogens is 277 g/mol. The van der Waals surface area contributed by atoms with Gasteiger partial charge in [-0.15, -0.1) is 13.2 Å². The van der Waals surface area contributed by atoms with E-state index in [2.05, 4.69) is 14.5 Å². The Balaban J connectivity index is 3.49. The highest BCUT2D eigenvalue weighted by molar-refractivity contribution is 7.89. The Kier molecular flexibility index (Phi) is 3.72. The molecule has 0 saturated heterocycles. The molecule has 18 heavy (non-hydrogen) atoms. The number of methoxy groups -OCH3 is 1. The average Bonchev–Trinajstić information content (AvgIpc) is 2.16. The number of nitrogens with zero attached hydrogens (tertiary/aromatic N) is 1. The largest absolute Gasteiger partial charge is 0.574 e. The van der Waals surface area contributed by atoms with E-state index in [0.717, 1.165) is 13.3 Å². The summed E-state index contributed by atoms with van der Waals surface area (Å²) >= 11 is 0. The number of hydrogen-bond donors (Lipinski definition) is 1. The predicted octanol–water partition coefficient (Wildman–Crippen LogP) is 0.945. The molecule has 0 aromatic carbocycles. The molecule has 0 aliphatic carbocycles. The van der Waals surface area contributed by atoms with E-state index in [1.165, 1.54) is 6.92 Å². The maximum Gasteiger partial charge on any atom is 0.574 e. The van der Waals surface area contributed by atoms with Crippen molar-refractivity contribution in [2.24, 2.45) is 5.14 Å². The number of aromatic nitrogens is 1.